The largest absolute Gasteiger partial charge is 0.291 e. The third-order valence-electron chi connectivity index (χ3n) is 5.79. The van der Waals surface area contributed by atoms with E-state index in [9.17, 15) is 0 Å². The maximum absolute atomic E-state index is 2.66. The van der Waals surface area contributed by atoms with Gasteiger partial charge in [0, 0.05) is 26.2 Å². The summed E-state index contributed by atoms with van der Waals surface area (Å²) in [6.45, 7) is 17.3. The molecule has 0 aromatic rings. The zero-order chi connectivity index (χ0) is 17.0. The van der Waals surface area contributed by atoms with Crippen LogP contribution >= 0.6 is 0 Å². The van der Waals surface area contributed by atoms with E-state index in [1.807, 2.05) is 0 Å². The number of rotatable bonds is 11. The second kappa shape index (κ2) is 12.2. The van der Waals surface area contributed by atoms with Crippen LogP contribution < -0.4 is 0 Å². The highest BCUT2D eigenvalue weighted by molar-refractivity contribution is 4.68. The number of nitrogens with zero attached hydrogens (tertiary/aromatic N) is 4. The van der Waals surface area contributed by atoms with Crippen LogP contribution in [0.4, 0.5) is 0 Å². The molecule has 0 spiro atoms. The second-order valence-electron chi connectivity index (χ2n) is 7.77. The monoisotopic (exact) mass is 338 g/mol. The highest BCUT2D eigenvalue weighted by Crippen LogP contribution is 2.11. The molecule has 0 aliphatic carbocycles. The summed E-state index contributed by atoms with van der Waals surface area (Å²) in [4.78, 5) is 10.5. The number of unbranched alkanes of at least 4 members (excludes halogenated alkanes) is 5. The van der Waals surface area contributed by atoms with Crippen molar-refractivity contribution in [2.45, 2.75) is 65.2 Å². The molecular weight excluding hydrogens is 296 g/mol. The van der Waals surface area contributed by atoms with E-state index in [2.05, 4.69) is 33.4 Å². The van der Waals surface area contributed by atoms with Gasteiger partial charge in [0.15, 0.2) is 0 Å². The van der Waals surface area contributed by atoms with Gasteiger partial charge >= 0.3 is 0 Å². The molecule has 0 unspecified atom stereocenters. The molecule has 0 amide bonds. The fourth-order valence-corrected chi connectivity index (χ4v) is 4.14. The van der Waals surface area contributed by atoms with E-state index in [4.69, 9.17) is 0 Å². The molecule has 0 atom stereocenters. The van der Waals surface area contributed by atoms with Crippen molar-refractivity contribution in [3.8, 4) is 0 Å². The van der Waals surface area contributed by atoms with Crippen molar-refractivity contribution in [3.05, 3.63) is 0 Å². The van der Waals surface area contributed by atoms with Gasteiger partial charge in [-0.15, -0.1) is 0 Å². The van der Waals surface area contributed by atoms with Crippen molar-refractivity contribution >= 4 is 0 Å². The van der Waals surface area contributed by atoms with Crippen molar-refractivity contribution < 1.29 is 0 Å². The smallest absolute Gasteiger partial charge is 0.0506 e. The summed E-state index contributed by atoms with van der Waals surface area (Å²) in [5, 5.41) is 0. The predicted octanol–water partition coefficient (Wildman–Crippen LogP) is 3.30. The molecule has 142 valence electrons. The lowest BCUT2D eigenvalue weighted by Crippen LogP contribution is -2.44. The quantitative estimate of drug-likeness (QED) is 0.536. The van der Waals surface area contributed by atoms with Crippen molar-refractivity contribution in [1.82, 2.24) is 19.6 Å². The zero-order valence-electron chi connectivity index (χ0n) is 16.5. The van der Waals surface area contributed by atoms with E-state index in [1.165, 1.54) is 117 Å². The Balaban J connectivity index is 1.39. The minimum atomic E-state index is 1.21. The van der Waals surface area contributed by atoms with Crippen LogP contribution in [0.2, 0.25) is 0 Å². The summed E-state index contributed by atoms with van der Waals surface area (Å²) in [6, 6.07) is 0. The number of hydrogen-bond acceptors (Lipinski definition) is 4. The molecule has 0 bridgehead atoms. The Bertz CT molecular complexity index is 280. The average molecular weight is 339 g/mol. The summed E-state index contributed by atoms with van der Waals surface area (Å²) in [6.07, 6.45) is 11.2. The van der Waals surface area contributed by atoms with Crippen LogP contribution in [-0.2, 0) is 0 Å². The summed E-state index contributed by atoms with van der Waals surface area (Å²) in [7, 11) is 0. The normalized spacial score (nSPS) is 22.2. The van der Waals surface area contributed by atoms with E-state index in [0.717, 1.165) is 0 Å². The van der Waals surface area contributed by atoms with Crippen LogP contribution in [0, 0.1) is 0 Å². The molecule has 2 aliphatic rings. The van der Waals surface area contributed by atoms with Gasteiger partial charge in [-0.3, -0.25) is 19.6 Å². The van der Waals surface area contributed by atoms with Crippen LogP contribution in [0.25, 0.3) is 0 Å². The number of hydrogen-bond donors (Lipinski definition) is 0. The maximum atomic E-state index is 2.66. The van der Waals surface area contributed by atoms with Gasteiger partial charge < -0.3 is 0 Å². The molecule has 4 nitrogen and oxygen atoms in total. The molecule has 0 aromatic carbocycles. The first-order valence-corrected chi connectivity index (χ1v) is 10.7. The molecule has 2 aliphatic heterocycles. The topological polar surface area (TPSA) is 13.0 Å². The predicted molar refractivity (Wildman–Crippen MR) is 104 cm³/mol. The van der Waals surface area contributed by atoms with Crippen LogP contribution in [-0.4, -0.2) is 85.3 Å². The zero-order valence-corrected chi connectivity index (χ0v) is 16.5. The first-order valence-electron chi connectivity index (χ1n) is 10.7. The molecule has 2 saturated heterocycles. The molecule has 0 saturated carbocycles. The Hall–Kier alpha value is -0.160. The van der Waals surface area contributed by atoms with Crippen LogP contribution in [0.1, 0.15) is 65.2 Å². The van der Waals surface area contributed by atoms with Crippen LogP contribution in [0.3, 0.4) is 0 Å². The lowest BCUT2D eigenvalue weighted by molar-refractivity contribution is 0.0880. The Labute approximate surface area is 151 Å². The van der Waals surface area contributed by atoms with E-state index in [-0.39, 0.29) is 0 Å². The standard InChI is InChI=1S/C20H42N4/c1-3-21-15-11-17-23(19-21)13-9-7-5-6-8-10-14-24-18-12-16-22(4-2)20-24/h3-20H2,1-2H3. The molecule has 2 fully saturated rings. The van der Waals surface area contributed by atoms with Crippen molar-refractivity contribution in [3.63, 3.8) is 0 Å². The highest BCUT2D eigenvalue weighted by Gasteiger charge is 2.16. The van der Waals surface area contributed by atoms with Gasteiger partial charge in [0.1, 0.15) is 0 Å². The van der Waals surface area contributed by atoms with Crippen LogP contribution in [0.5, 0.6) is 0 Å². The summed E-state index contributed by atoms with van der Waals surface area (Å²) in [5.74, 6) is 0. The minimum absolute atomic E-state index is 1.21. The van der Waals surface area contributed by atoms with Crippen molar-refractivity contribution in [2.75, 3.05) is 65.7 Å². The Morgan fingerprint density at radius 2 is 0.875 bits per heavy atom. The summed E-state index contributed by atoms with van der Waals surface area (Å²) in [5.41, 5.74) is 0. The molecule has 2 heterocycles. The van der Waals surface area contributed by atoms with Gasteiger partial charge in [0.25, 0.3) is 0 Å². The molecular formula is C20H42N4. The fraction of sp³-hybridized carbons (Fsp3) is 1.00. The third kappa shape index (κ3) is 7.81. The molecule has 2 rings (SSSR count). The lowest BCUT2D eigenvalue weighted by atomic mass is 10.1. The van der Waals surface area contributed by atoms with Gasteiger partial charge in [-0.2, -0.15) is 0 Å². The third-order valence-corrected chi connectivity index (χ3v) is 5.79. The maximum Gasteiger partial charge on any atom is 0.0506 e. The molecule has 0 aromatic heterocycles. The Morgan fingerprint density at radius 3 is 1.29 bits per heavy atom. The average Bonchev–Trinajstić information content (AvgIpc) is 2.64. The Kier molecular flexibility index (Phi) is 10.3. The minimum Gasteiger partial charge on any atom is -0.291 e. The molecule has 24 heavy (non-hydrogen) atoms. The SMILES string of the molecule is CCN1CCCN(CCCCCCCCN2CCCN(CC)C2)C1. The van der Waals surface area contributed by atoms with E-state index in [1.54, 1.807) is 0 Å². The van der Waals surface area contributed by atoms with Gasteiger partial charge in [0.05, 0.1) is 13.3 Å². The van der Waals surface area contributed by atoms with Gasteiger partial charge in [-0.05, 0) is 51.9 Å². The van der Waals surface area contributed by atoms with E-state index in [0.29, 0.717) is 0 Å². The van der Waals surface area contributed by atoms with Gasteiger partial charge in [-0.25, -0.2) is 0 Å². The van der Waals surface area contributed by atoms with Crippen molar-refractivity contribution in [2.24, 2.45) is 0 Å². The van der Waals surface area contributed by atoms with Crippen molar-refractivity contribution in [1.29, 1.82) is 0 Å². The first-order chi connectivity index (χ1) is 11.8. The second-order valence-corrected chi connectivity index (χ2v) is 7.77. The molecule has 0 N–H and O–H groups in total. The molecule has 4 heteroatoms. The fourth-order valence-electron chi connectivity index (χ4n) is 4.14. The van der Waals surface area contributed by atoms with Gasteiger partial charge in [-0.1, -0.05) is 39.5 Å². The highest BCUT2D eigenvalue weighted by atomic mass is 15.3. The van der Waals surface area contributed by atoms with E-state index < -0.39 is 0 Å². The van der Waals surface area contributed by atoms with E-state index >= 15 is 0 Å². The lowest BCUT2D eigenvalue weighted by Gasteiger charge is -2.35. The Morgan fingerprint density at radius 1 is 0.500 bits per heavy atom. The summed E-state index contributed by atoms with van der Waals surface area (Å²) >= 11 is 0. The summed E-state index contributed by atoms with van der Waals surface area (Å²) < 4.78 is 0. The molecule has 0 radical (unpaired) electrons. The van der Waals surface area contributed by atoms with Gasteiger partial charge in [0.2, 0.25) is 0 Å². The van der Waals surface area contributed by atoms with Crippen LogP contribution in [0.15, 0.2) is 0 Å². The first kappa shape index (κ1) is 20.2.